The van der Waals surface area contributed by atoms with Crippen molar-refractivity contribution in [2.75, 3.05) is 13.2 Å². The van der Waals surface area contributed by atoms with Crippen LogP contribution in [0.1, 0.15) is 37.3 Å². The molecule has 2 nitrogen and oxygen atoms in total. The molecule has 0 aromatic heterocycles. The minimum Gasteiger partial charge on any atom is -0.384 e. The van der Waals surface area contributed by atoms with Crippen molar-refractivity contribution >= 4 is 0 Å². The normalized spacial score (nSPS) is 14.3. The summed E-state index contributed by atoms with van der Waals surface area (Å²) < 4.78 is 13.6. The summed E-state index contributed by atoms with van der Waals surface area (Å²) in [5.41, 5.74) is 1.60. The predicted molar refractivity (Wildman–Crippen MR) is 74.1 cm³/mol. The number of halogens is 1. The molecule has 2 rings (SSSR count). The van der Waals surface area contributed by atoms with E-state index < -0.39 is 0 Å². The van der Waals surface area contributed by atoms with E-state index in [0.717, 1.165) is 25.1 Å². The zero-order valence-corrected chi connectivity index (χ0v) is 11.3. The molecule has 19 heavy (non-hydrogen) atoms. The van der Waals surface area contributed by atoms with Gasteiger partial charge in [-0.15, -0.1) is 0 Å². The molecule has 1 saturated carbocycles. The predicted octanol–water partition coefficient (Wildman–Crippen LogP) is 2.54. The number of benzene rings is 1. The van der Waals surface area contributed by atoms with E-state index in [9.17, 15) is 4.39 Å². The standard InChI is InChI=1S/C16H20FNO/c1-2-7-18(16-5-6-16)12-14-9-13(4-3-8-19)10-15(17)11-14/h9-11,16,19H,2,5-8,12H2,1H3. The number of nitrogens with zero attached hydrogens (tertiary/aromatic N) is 1. The van der Waals surface area contributed by atoms with Crippen LogP contribution in [0, 0.1) is 17.7 Å². The molecule has 0 unspecified atom stereocenters. The van der Waals surface area contributed by atoms with Crippen molar-refractivity contribution in [3.63, 3.8) is 0 Å². The second-order valence-corrected chi connectivity index (χ2v) is 5.01. The fraction of sp³-hybridized carbons (Fsp3) is 0.500. The highest BCUT2D eigenvalue weighted by molar-refractivity contribution is 5.37. The maximum atomic E-state index is 13.6. The molecule has 1 fully saturated rings. The van der Waals surface area contributed by atoms with Gasteiger partial charge in [0.25, 0.3) is 0 Å². The third-order valence-corrected chi connectivity index (χ3v) is 3.23. The Morgan fingerprint density at radius 3 is 2.79 bits per heavy atom. The SMILES string of the molecule is CCCN(Cc1cc(F)cc(C#CCO)c1)C1CC1. The number of aliphatic hydroxyl groups is 1. The Hall–Kier alpha value is -1.37. The van der Waals surface area contributed by atoms with Gasteiger partial charge in [0.2, 0.25) is 0 Å². The fourth-order valence-electron chi connectivity index (χ4n) is 2.31. The van der Waals surface area contributed by atoms with Crippen molar-refractivity contribution < 1.29 is 9.50 Å². The molecular formula is C16H20FNO. The van der Waals surface area contributed by atoms with Crippen LogP contribution < -0.4 is 0 Å². The molecule has 102 valence electrons. The van der Waals surface area contributed by atoms with E-state index in [0.29, 0.717) is 11.6 Å². The average Bonchev–Trinajstić information content (AvgIpc) is 3.19. The summed E-state index contributed by atoms with van der Waals surface area (Å²) in [5.74, 6) is 5.07. The van der Waals surface area contributed by atoms with Crippen LogP contribution in [0.25, 0.3) is 0 Å². The minimum absolute atomic E-state index is 0.199. The molecule has 0 bridgehead atoms. The minimum atomic E-state index is -0.257. The summed E-state index contributed by atoms with van der Waals surface area (Å²) in [5, 5.41) is 8.69. The molecule has 0 radical (unpaired) electrons. The van der Waals surface area contributed by atoms with Crippen LogP contribution in [0.2, 0.25) is 0 Å². The van der Waals surface area contributed by atoms with Gasteiger partial charge in [-0.25, -0.2) is 4.39 Å². The molecule has 1 aromatic carbocycles. The number of rotatable bonds is 5. The second kappa shape index (κ2) is 6.70. The second-order valence-electron chi connectivity index (χ2n) is 5.01. The van der Waals surface area contributed by atoms with Gasteiger partial charge in [0, 0.05) is 18.2 Å². The molecule has 1 aliphatic rings. The quantitative estimate of drug-likeness (QED) is 0.823. The highest BCUT2D eigenvalue weighted by Gasteiger charge is 2.28. The summed E-state index contributed by atoms with van der Waals surface area (Å²) in [7, 11) is 0. The molecule has 3 heteroatoms. The zero-order chi connectivity index (χ0) is 13.7. The van der Waals surface area contributed by atoms with Crippen molar-refractivity contribution in [3.8, 4) is 11.8 Å². The summed E-state index contributed by atoms with van der Waals surface area (Å²) in [6.45, 7) is 3.80. The molecular weight excluding hydrogens is 241 g/mol. The van der Waals surface area contributed by atoms with E-state index in [1.54, 1.807) is 6.07 Å². The van der Waals surface area contributed by atoms with Crippen molar-refractivity contribution in [1.29, 1.82) is 0 Å². The molecule has 1 N–H and O–H groups in total. The molecule has 1 aromatic rings. The Bertz CT molecular complexity index is 485. The lowest BCUT2D eigenvalue weighted by Crippen LogP contribution is -2.26. The lowest BCUT2D eigenvalue weighted by molar-refractivity contribution is 0.255. The zero-order valence-electron chi connectivity index (χ0n) is 11.3. The van der Waals surface area contributed by atoms with Gasteiger partial charge in [-0.1, -0.05) is 18.8 Å². The Kier molecular flexibility index (Phi) is 4.95. The van der Waals surface area contributed by atoms with Gasteiger partial charge >= 0.3 is 0 Å². The van der Waals surface area contributed by atoms with E-state index in [2.05, 4.69) is 23.7 Å². The third-order valence-electron chi connectivity index (χ3n) is 3.23. The topological polar surface area (TPSA) is 23.5 Å². The maximum Gasteiger partial charge on any atom is 0.124 e. The average molecular weight is 261 g/mol. The Morgan fingerprint density at radius 2 is 2.16 bits per heavy atom. The first kappa shape index (κ1) is 14.0. The monoisotopic (exact) mass is 261 g/mol. The number of hydrogen-bond donors (Lipinski definition) is 1. The van der Waals surface area contributed by atoms with E-state index in [1.807, 2.05) is 6.07 Å². The largest absolute Gasteiger partial charge is 0.384 e. The molecule has 0 heterocycles. The fourth-order valence-corrected chi connectivity index (χ4v) is 2.31. The van der Waals surface area contributed by atoms with Crippen LogP contribution in [-0.4, -0.2) is 29.2 Å². The smallest absolute Gasteiger partial charge is 0.124 e. The van der Waals surface area contributed by atoms with Gasteiger partial charge in [0.15, 0.2) is 0 Å². The summed E-state index contributed by atoms with van der Waals surface area (Å²) in [6.07, 6.45) is 3.63. The van der Waals surface area contributed by atoms with Gasteiger partial charge in [-0.3, -0.25) is 4.90 Å². The van der Waals surface area contributed by atoms with Crippen molar-refractivity contribution in [2.24, 2.45) is 0 Å². The van der Waals surface area contributed by atoms with Crippen molar-refractivity contribution in [1.82, 2.24) is 4.90 Å². The third kappa shape index (κ3) is 4.34. The van der Waals surface area contributed by atoms with E-state index in [-0.39, 0.29) is 12.4 Å². The first-order valence-electron chi connectivity index (χ1n) is 6.86. The molecule has 0 spiro atoms. The lowest BCUT2D eigenvalue weighted by Gasteiger charge is -2.21. The van der Waals surface area contributed by atoms with E-state index in [4.69, 9.17) is 5.11 Å². The molecule has 0 amide bonds. The molecule has 0 atom stereocenters. The number of hydrogen-bond acceptors (Lipinski definition) is 2. The highest BCUT2D eigenvalue weighted by Crippen LogP contribution is 2.28. The van der Waals surface area contributed by atoms with Crippen molar-refractivity contribution in [2.45, 2.75) is 38.8 Å². The van der Waals surface area contributed by atoms with Crippen LogP contribution in [0.5, 0.6) is 0 Å². The molecule has 1 aliphatic carbocycles. The van der Waals surface area contributed by atoms with Gasteiger partial charge in [0.1, 0.15) is 12.4 Å². The number of aliphatic hydroxyl groups excluding tert-OH is 1. The Balaban J connectivity index is 2.11. The van der Waals surface area contributed by atoms with Gasteiger partial charge in [-0.05, 0) is 49.6 Å². The maximum absolute atomic E-state index is 13.6. The van der Waals surface area contributed by atoms with Crippen LogP contribution >= 0.6 is 0 Å². The molecule has 0 aliphatic heterocycles. The van der Waals surface area contributed by atoms with E-state index in [1.165, 1.54) is 18.9 Å². The van der Waals surface area contributed by atoms with Crippen molar-refractivity contribution in [3.05, 3.63) is 35.1 Å². The van der Waals surface area contributed by atoms with Gasteiger partial charge < -0.3 is 5.11 Å². The van der Waals surface area contributed by atoms with Crippen LogP contribution in [0.15, 0.2) is 18.2 Å². The van der Waals surface area contributed by atoms with Crippen LogP contribution in [-0.2, 0) is 6.54 Å². The summed E-state index contributed by atoms with van der Waals surface area (Å²) in [6, 6.07) is 5.58. The Labute approximate surface area is 114 Å². The van der Waals surface area contributed by atoms with E-state index >= 15 is 0 Å². The Morgan fingerprint density at radius 1 is 1.37 bits per heavy atom. The van der Waals surface area contributed by atoms with Gasteiger partial charge in [0.05, 0.1) is 0 Å². The van der Waals surface area contributed by atoms with Crippen LogP contribution in [0.4, 0.5) is 4.39 Å². The lowest BCUT2D eigenvalue weighted by atomic mass is 10.1. The first-order valence-corrected chi connectivity index (χ1v) is 6.86. The van der Waals surface area contributed by atoms with Gasteiger partial charge in [-0.2, -0.15) is 0 Å². The highest BCUT2D eigenvalue weighted by atomic mass is 19.1. The summed E-state index contributed by atoms with van der Waals surface area (Å²) in [4.78, 5) is 2.41. The van der Waals surface area contributed by atoms with Crippen LogP contribution in [0.3, 0.4) is 0 Å². The first-order chi connectivity index (χ1) is 9.22. The summed E-state index contributed by atoms with van der Waals surface area (Å²) >= 11 is 0. The molecule has 0 saturated heterocycles.